The minimum atomic E-state index is 0.224. The second-order valence-electron chi connectivity index (χ2n) is 6.35. The molecule has 2 heterocycles. The lowest BCUT2D eigenvalue weighted by molar-refractivity contribution is 0.591. The fourth-order valence-corrected chi connectivity index (χ4v) is 4.41. The molecule has 0 spiro atoms. The molecule has 0 radical (unpaired) electrons. The van der Waals surface area contributed by atoms with Gasteiger partial charge in [0.25, 0.3) is 0 Å². The molecule has 0 aliphatic heterocycles. The van der Waals surface area contributed by atoms with Crippen LogP contribution in [-0.2, 0) is 19.9 Å². The first kappa shape index (κ1) is 13.5. The van der Waals surface area contributed by atoms with Crippen LogP contribution in [0.3, 0.4) is 0 Å². The van der Waals surface area contributed by atoms with E-state index in [-0.39, 0.29) is 6.04 Å². The van der Waals surface area contributed by atoms with Crippen molar-refractivity contribution in [2.24, 2.45) is 7.05 Å². The molecule has 1 N–H and O–H groups in total. The number of thiazole rings is 1. The maximum Gasteiger partial charge on any atom is 0.115 e. The largest absolute Gasteiger partial charge is 0.301 e. The summed E-state index contributed by atoms with van der Waals surface area (Å²) in [6.07, 6.45) is 9.73. The van der Waals surface area contributed by atoms with Crippen LogP contribution in [0.2, 0.25) is 0 Å². The molecule has 4 nitrogen and oxygen atoms in total. The number of hydrogen-bond donors (Lipinski definition) is 1. The van der Waals surface area contributed by atoms with Crippen molar-refractivity contribution >= 4 is 11.3 Å². The Hall–Kier alpha value is -1.20. The summed E-state index contributed by atoms with van der Waals surface area (Å²) >= 11 is 1.92. The van der Waals surface area contributed by atoms with Crippen molar-refractivity contribution in [1.29, 1.82) is 0 Å². The predicted molar refractivity (Wildman–Crippen MR) is 84.7 cm³/mol. The number of aromatic nitrogens is 3. The van der Waals surface area contributed by atoms with Gasteiger partial charge >= 0.3 is 0 Å². The molecule has 21 heavy (non-hydrogen) atoms. The predicted octanol–water partition coefficient (Wildman–Crippen LogP) is 2.91. The molecular formula is C16H22N4S. The van der Waals surface area contributed by atoms with Gasteiger partial charge in [-0.05, 0) is 45.4 Å². The normalized spacial score (nSPS) is 19.5. The molecule has 0 bridgehead atoms. The first-order valence-corrected chi connectivity index (χ1v) is 8.77. The highest BCUT2D eigenvalue weighted by atomic mass is 32.1. The number of fused-ring (bicyclic) bond motifs is 1. The van der Waals surface area contributed by atoms with Gasteiger partial charge in [0.2, 0.25) is 0 Å². The minimum absolute atomic E-state index is 0.224. The average Bonchev–Trinajstić information content (AvgIpc) is 3.08. The molecule has 2 aliphatic carbocycles. The molecule has 1 fully saturated rings. The quantitative estimate of drug-likeness (QED) is 0.944. The van der Waals surface area contributed by atoms with Crippen LogP contribution in [0.25, 0.3) is 0 Å². The van der Waals surface area contributed by atoms with E-state index >= 15 is 0 Å². The van der Waals surface area contributed by atoms with Crippen molar-refractivity contribution in [3.63, 3.8) is 0 Å². The van der Waals surface area contributed by atoms with E-state index in [1.54, 1.807) is 0 Å². The summed E-state index contributed by atoms with van der Waals surface area (Å²) in [6.45, 7) is 2.10. The Morgan fingerprint density at radius 2 is 2.14 bits per heavy atom. The summed E-state index contributed by atoms with van der Waals surface area (Å²) in [5.74, 6) is 0. The monoisotopic (exact) mass is 302 g/mol. The van der Waals surface area contributed by atoms with Gasteiger partial charge < -0.3 is 5.32 Å². The summed E-state index contributed by atoms with van der Waals surface area (Å²) in [5, 5.41) is 9.54. The third kappa shape index (κ3) is 2.64. The molecule has 2 aliphatic rings. The lowest BCUT2D eigenvalue weighted by atomic mass is 10.0. The van der Waals surface area contributed by atoms with E-state index in [9.17, 15) is 0 Å². The van der Waals surface area contributed by atoms with Crippen LogP contribution in [0.15, 0.2) is 6.20 Å². The zero-order valence-corrected chi connectivity index (χ0v) is 13.5. The van der Waals surface area contributed by atoms with Crippen LogP contribution in [0.4, 0.5) is 0 Å². The smallest absolute Gasteiger partial charge is 0.115 e. The van der Waals surface area contributed by atoms with Gasteiger partial charge in [0, 0.05) is 29.7 Å². The molecule has 1 saturated carbocycles. The van der Waals surface area contributed by atoms with Gasteiger partial charge in [-0.3, -0.25) is 4.68 Å². The topological polar surface area (TPSA) is 42.7 Å². The van der Waals surface area contributed by atoms with Crippen LogP contribution in [0.1, 0.15) is 58.6 Å². The van der Waals surface area contributed by atoms with Crippen molar-refractivity contribution in [3.05, 3.63) is 33.0 Å². The highest BCUT2D eigenvalue weighted by Crippen LogP contribution is 2.35. The molecule has 0 saturated heterocycles. The average molecular weight is 302 g/mol. The summed E-state index contributed by atoms with van der Waals surface area (Å²) in [6, 6.07) is 0.886. The Kier molecular flexibility index (Phi) is 3.34. The Morgan fingerprint density at radius 1 is 1.33 bits per heavy atom. The first-order chi connectivity index (χ1) is 10.2. The van der Waals surface area contributed by atoms with Crippen LogP contribution >= 0.6 is 11.3 Å². The lowest BCUT2D eigenvalue weighted by Crippen LogP contribution is -2.24. The molecule has 0 amide bonds. The van der Waals surface area contributed by atoms with Crippen molar-refractivity contribution in [2.75, 3.05) is 0 Å². The summed E-state index contributed by atoms with van der Waals surface area (Å²) in [7, 11) is 2.00. The van der Waals surface area contributed by atoms with Gasteiger partial charge in [-0.25, -0.2) is 4.98 Å². The zero-order valence-electron chi connectivity index (χ0n) is 12.7. The van der Waals surface area contributed by atoms with Crippen LogP contribution in [0.5, 0.6) is 0 Å². The number of hydrogen-bond acceptors (Lipinski definition) is 4. The van der Waals surface area contributed by atoms with Crippen LogP contribution < -0.4 is 5.32 Å². The summed E-state index contributed by atoms with van der Waals surface area (Å²) in [5.41, 5.74) is 3.75. The molecule has 1 unspecified atom stereocenters. The lowest BCUT2D eigenvalue weighted by Gasteiger charge is -2.15. The van der Waals surface area contributed by atoms with E-state index in [1.165, 1.54) is 53.2 Å². The van der Waals surface area contributed by atoms with E-state index in [4.69, 9.17) is 4.98 Å². The molecule has 2 aromatic heterocycles. The fraction of sp³-hybridized carbons (Fsp3) is 0.625. The van der Waals surface area contributed by atoms with Gasteiger partial charge in [0.1, 0.15) is 5.01 Å². The van der Waals surface area contributed by atoms with Crippen LogP contribution in [-0.4, -0.2) is 20.8 Å². The standard InChI is InChI=1S/C16H22N4S/c1-10-12(9-20(2)19-10)15(17-11-7-8-11)16-18-13-5-3-4-6-14(13)21-16/h9,11,15,17H,3-8H2,1-2H3. The minimum Gasteiger partial charge on any atom is -0.301 e. The second-order valence-corrected chi connectivity index (χ2v) is 7.46. The van der Waals surface area contributed by atoms with E-state index < -0.39 is 0 Å². The Balaban J connectivity index is 1.71. The highest BCUT2D eigenvalue weighted by molar-refractivity contribution is 7.11. The number of nitrogens with one attached hydrogen (secondary N) is 1. The number of aryl methyl sites for hydroxylation is 4. The molecule has 1 atom stereocenters. The van der Waals surface area contributed by atoms with Gasteiger partial charge in [0.05, 0.1) is 17.4 Å². The summed E-state index contributed by atoms with van der Waals surface area (Å²) in [4.78, 5) is 6.49. The van der Waals surface area contributed by atoms with Crippen molar-refractivity contribution in [1.82, 2.24) is 20.1 Å². The zero-order chi connectivity index (χ0) is 14.4. The Labute approximate surface area is 129 Å². The van der Waals surface area contributed by atoms with Gasteiger partial charge in [-0.15, -0.1) is 11.3 Å². The number of rotatable bonds is 4. The van der Waals surface area contributed by atoms with Crippen LogP contribution in [0, 0.1) is 6.92 Å². The van der Waals surface area contributed by atoms with E-state index in [1.807, 2.05) is 23.1 Å². The third-order valence-electron chi connectivity index (χ3n) is 4.45. The second kappa shape index (κ2) is 5.21. The van der Waals surface area contributed by atoms with E-state index in [0.717, 1.165) is 12.1 Å². The Bertz CT molecular complexity index is 630. The first-order valence-electron chi connectivity index (χ1n) is 7.95. The maximum absolute atomic E-state index is 4.98. The van der Waals surface area contributed by atoms with Gasteiger partial charge in [-0.2, -0.15) is 5.10 Å². The third-order valence-corrected chi connectivity index (χ3v) is 5.67. The maximum atomic E-state index is 4.98. The summed E-state index contributed by atoms with van der Waals surface area (Å²) < 4.78 is 1.92. The molecule has 0 aromatic carbocycles. The highest BCUT2D eigenvalue weighted by Gasteiger charge is 2.30. The van der Waals surface area contributed by atoms with Crippen molar-refractivity contribution in [3.8, 4) is 0 Å². The van der Waals surface area contributed by atoms with Crippen molar-refractivity contribution < 1.29 is 0 Å². The molecule has 5 heteroatoms. The number of nitrogens with zero attached hydrogens (tertiary/aromatic N) is 3. The van der Waals surface area contributed by atoms with E-state index in [0.29, 0.717) is 6.04 Å². The van der Waals surface area contributed by atoms with Gasteiger partial charge in [-0.1, -0.05) is 0 Å². The molecule has 2 aromatic rings. The SMILES string of the molecule is Cc1nn(C)cc1C(NC1CC1)c1nc2c(s1)CCCC2. The van der Waals surface area contributed by atoms with Gasteiger partial charge in [0.15, 0.2) is 0 Å². The van der Waals surface area contributed by atoms with Crippen molar-refractivity contribution in [2.45, 2.75) is 57.5 Å². The molecular weight excluding hydrogens is 280 g/mol. The fourth-order valence-electron chi connectivity index (χ4n) is 3.18. The van der Waals surface area contributed by atoms with E-state index in [2.05, 4.69) is 23.5 Å². The molecule has 112 valence electrons. The Morgan fingerprint density at radius 3 is 2.81 bits per heavy atom. The molecule has 4 rings (SSSR count).